The molecule has 0 bridgehead atoms. The number of nitrogen functional groups attached to an aromatic ring is 1. The lowest BCUT2D eigenvalue weighted by Crippen LogP contribution is -2.35. The van der Waals surface area contributed by atoms with Gasteiger partial charge in [-0.2, -0.15) is 5.10 Å². The molecule has 98 valence electrons. The molecule has 0 aromatic carbocycles. The number of nitrogens with zero attached hydrogens (tertiary/aromatic N) is 2. The van der Waals surface area contributed by atoms with Crippen LogP contribution in [0.3, 0.4) is 0 Å². The van der Waals surface area contributed by atoms with Gasteiger partial charge in [-0.15, -0.1) is 0 Å². The summed E-state index contributed by atoms with van der Waals surface area (Å²) in [4.78, 5) is 14.1. The van der Waals surface area contributed by atoms with Gasteiger partial charge in [0.05, 0.1) is 11.4 Å². The summed E-state index contributed by atoms with van der Waals surface area (Å²) in [5.41, 5.74) is 9.04. The Balaban J connectivity index is 2.14. The van der Waals surface area contributed by atoms with Gasteiger partial charge in [0.1, 0.15) is 0 Å². The zero-order valence-electron chi connectivity index (χ0n) is 11.0. The maximum Gasteiger partial charge on any atom is 0.276 e. The van der Waals surface area contributed by atoms with E-state index in [1.807, 2.05) is 0 Å². The van der Waals surface area contributed by atoms with Crippen molar-refractivity contribution in [1.82, 2.24) is 15.1 Å². The second-order valence-electron chi connectivity index (χ2n) is 4.77. The van der Waals surface area contributed by atoms with Gasteiger partial charge < -0.3 is 10.6 Å². The van der Waals surface area contributed by atoms with Crippen LogP contribution >= 0.6 is 0 Å². The number of aromatic nitrogens is 2. The average Bonchev–Trinajstić information content (AvgIpc) is 2.72. The monoisotopic (exact) mass is 248 g/mol. The number of hydrogen-bond acceptors (Lipinski definition) is 3. The molecule has 2 heterocycles. The Morgan fingerprint density at radius 1 is 1.61 bits per heavy atom. The number of H-pyrrole nitrogens is 1. The molecule has 3 N–H and O–H groups in total. The number of amides is 1. The predicted molar refractivity (Wildman–Crippen MR) is 71.3 cm³/mol. The zero-order chi connectivity index (χ0) is 13.1. The van der Waals surface area contributed by atoms with Crippen LogP contribution in [0.2, 0.25) is 0 Å². The Bertz CT molecular complexity index is 475. The number of aromatic amines is 1. The Morgan fingerprint density at radius 2 is 2.39 bits per heavy atom. The third-order valence-electron chi connectivity index (χ3n) is 3.31. The topological polar surface area (TPSA) is 75.0 Å². The minimum atomic E-state index is -0.0742. The second kappa shape index (κ2) is 5.25. The zero-order valence-corrected chi connectivity index (χ0v) is 11.0. The van der Waals surface area contributed by atoms with E-state index in [9.17, 15) is 4.79 Å². The standard InChI is InChI=1S/C13H20N4O/c1-3-4-10-11(14)12(16-15-10)13(18)17-7-5-9(2)6-8-17/h5H,3-4,6-8,14H2,1-2H3,(H,15,16). The van der Waals surface area contributed by atoms with Gasteiger partial charge in [0.2, 0.25) is 0 Å². The summed E-state index contributed by atoms with van der Waals surface area (Å²) in [6.07, 6.45) is 4.81. The van der Waals surface area contributed by atoms with E-state index in [0.717, 1.165) is 31.5 Å². The van der Waals surface area contributed by atoms with Gasteiger partial charge in [0, 0.05) is 13.1 Å². The maximum absolute atomic E-state index is 12.3. The number of carbonyl (C=O) groups excluding carboxylic acids is 1. The molecule has 18 heavy (non-hydrogen) atoms. The van der Waals surface area contributed by atoms with Crippen molar-refractivity contribution in [1.29, 1.82) is 0 Å². The highest BCUT2D eigenvalue weighted by molar-refractivity contribution is 5.97. The van der Waals surface area contributed by atoms with Crippen LogP contribution in [0.25, 0.3) is 0 Å². The van der Waals surface area contributed by atoms with Gasteiger partial charge in [0.15, 0.2) is 5.69 Å². The predicted octanol–water partition coefficient (Wildman–Crippen LogP) is 1.74. The van der Waals surface area contributed by atoms with E-state index in [0.29, 0.717) is 17.9 Å². The number of hydrogen-bond donors (Lipinski definition) is 2. The summed E-state index contributed by atoms with van der Waals surface area (Å²) in [6.45, 7) is 5.56. The molecule has 2 rings (SSSR count). The Morgan fingerprint density at radius 3 is 3.00 bits per heavy atom. The van der Waals surface area contributed by atoms with Crippen molar-refractivity contribution in [2.75, 3.05) is 18.8 Å². The minimum Gasteiger partial charge on any atom is -0.395 e. The van der Waals surface area contributed by atoms with Crippen LogP contribution in [0.15, 0.2) is 11.6 Å². The van der Waals surface area contributed by atoms with Crippen molar-refractivity contribution < 1.29 is 4.79 Å². The van der Waals surface area contributed by atoms with E-state index in [4.69, 9.17) is 5.73 Å². The molecule has 1 amide bonds. The lowest BCUT2D eigenvalue weighted by molar-refractivity contribution is 0.0764. The molecule has 0 spiro atoms. The van der Waals surface area contributed by atoms with E-state index in [2.05, 4.69) is 30.1 Å². The molecule has 0 aliphatic carbocycles. The van der Waals surface area contributed by atoms with Crippen molar-refractivity contribution in [2.45, 2.75) is 33.1 Å². The number of rotatable bonds is 3. The summed E-state index contributed by atoms with van der Waals surface area (Å²) < 4.78 is 0. The van der Waals surface area contributed by atoms with Crippen LogP contribution in [0, 0.1) is 0 Å². The molecule has 5 nitrogen and oxygen atoms in total. The van der Waals surface area contributed by atoms with E-state index >= 15 is 0 Å². The summed E-state index contributed by atoms with van der Waals surface area (Å²) >= 11 is 0. The molecule has 0 fully saturated rings. The molecule has 5 heteroatoms. The fourth-order valence-electron chi connectivity index (χ4n) is 2.10. The lowest BCUT2D eigenvalue weighted by Gasteiger charge is -2.24. The molecule has 0 saturated carbocycles. The highest BCUT2D eigenvalue weighted by Crippen LogP contribution is 2.19. The van der Waals surface area contributed by atoms with Crippen molar-refractivity contribution >= 4 is 11.6 Å². The van der Waals surface area contributed by atoms with E-state index in [1.165, 1.54) is 5.57 Å². The SMILES string of the molecule is CCCc1[nH]nc(C(=O)N2CC=C(C)CC2)c1N. The summed E-state index contributed by atoms with van der Waals surface area (Å²) in [5, 5.41) is 6.93. The Kier molecular flexibility index (Phi) is 3.69. The van der Waals surface area contributed by atoms with Crippen LogP contribution < -0.4 is 5.73 Å². The average molecular weight is 248 g/mol. The first-order chi connectivity index (χ1) is 8.63. The van der Waals surface area contributed by atoms with Crippen LogP contribution in [-0.4, -0.2) is 34.1 Å². The third-order valence-corrected chi connectivity index (χ3v) is 3.31. The summed E-state index contributed by atoms with van der Waals surface area (Å²) in [6, 6.07) is 0. The molecule has 1 aromatic heterocycles. The van der Waals surface area contributed by atoms with Crippen molar-refractivity contribution in [3.05, 3.63) is 23.0 Å². The number of anilines is 1. The van der Waals surface area contributed by atoms with E-state index < -0.39 is 0 Å². The molecular weight excluding hydrogens is 228 g/mol. The van der Waals surface area contributed by atoms with Crippen LogP contribution in [-0.2, 0) is 6.42 Å². The fraction of sp³-hybridized carbons (Fsp3) is 0.538. The Hall–Kier alpha value is -1.78. The van der Waals surface area contributed by atoms with Gasteiger partial charge in [-0.25, -0.2) is 0 Å². The molecule has 0 radical (unpaired) electrons. The van der Waals surface area contributed by atoms with Gasteiger partial charge >= 0.3 is 0 Å². The van der Waals surface area contributed by atoms with E-state index in [-0.39, 0.29) is 5.91 Å². The van der Waals surface area contributed by atoms with Crippen LogP contribution in [0.1, 0.15) is 42.9 Å². The molecular formula is C13H20N4O. The van der Waals surface area contributed by atoms with Crippen molar-refractivity contribution in [3.8, 4) is 0 Å². The fourth-order valence-corrected chi connectivity index (χ4v) is 2.10. The van der Waals surface area contributed by atoms with Gasteiger partial charge in [-0.05, 0) is 19.8 Å². The molecule has 0 saturated heterocycles. The molecule has 0 atom stereocenters. The van der Waals surface area contributed by atoms with Crippen LogP contribution in [0.4, 0.5) is 5.69 Å². The second-order valence-corrected chi connectivity index (χ2v) is 4.77. The highest BCUT2D eigenvalue weighted by atomic mass is 16.2. The first kappa shape index (κ1) is 12.7. The third kappa shape index (κ3) is 2.39. The molecule has 1 aliphatic heterocycles. The first-order valence-corrected chi connectivity index (χ1v) is 6.41. The molecule has 0 unspecified atom stereocenters. The Labute approximate surface area is 107 Å². The number of aryl methyl sites for hydroxylation is 1. The number of carbonyl (C=O) groups is 1. The van der Waals surface area contributed by atoms with Gasteiger partial charge in [0.25, 0.3) is 5.91 Å². The smallest absolute Gasteiger partial charge is 0.276 e. The molecule has 1 aliphatic rings. The number of nitrogens with two attached hydrogens (primary N) is 1. The van der Waals surface area contributed by atoms with Crippen molar-refractivity contribution in [2.24, 2.45) is 0 Å². The first-order valence-electron chi connectivity index (χ1n) is 6.41. The minimum absolute atomic E-state index is 0.0742. The largest absolute Gasteiger partial charge is 0.395 e. The summed E-state index contributed by atoms with van der Waals surface area (Å²) in [7, 11) is 0. The van der Waals surface area contributed by atoms with Gasteiger partial charge in [-0.1, -0.05) is 25.0 Å². The highest BCUT2D eigenvalue weighted by Gasteiger charge is 2.23. The lowest BCUT2D eigenvalue weighted by atomic mass is 10.1. The summed E-state index contributed by atoms with van der Waals surface area (Å²) in [5.74, 6) is -0.0742. The number of nitrogens with one attached hydrogen (secondary N) is 1. The van der Waals surface area contributed by atoms with Gasteiger partial charge in [-0.3, -0.25) is 9.89 Å². The molecule has 1 aromatic rings. The van der Waals surface area contributed by atoms with Crippen LogP contribution in [0.5, 0.6) is 0 Å². The quantitative estimate of drug-likeness (QED) is 0.800. The normalized spacial score (nSPS) is 15.7. The van der Waals surface area contributed by atoms with Crippen molar-refractivity contribution in [3.63, 3.8) is 0 Å². The maximum atomic E-state index is 12.3. The van der Waals surface area contributed by atoms with E-state index in [1.54, 1.807) is 4.90 Å².